The van der Waals surface area contributed by atoms with Crippen molar-refractivity contribution in [1.82, 2.24) is 5.32 Å². The fourth-order valence-corrected chi connectivity index (χ4v) is 1.73. The van der Waals surface area contributed by atoms with Crippen LogP contribution in [0.4, 0.5) is 4.39 Å². The first-order chi connectivity index (χ1) is 7.56. The molecule has 0 fully saturated rings. The molecule has 1 rings (SSSR count). The smallest absolute Gasteiger partial charge is 0.129 e. The Kier molecular flexibility index (Phi) is 4.97. The summed E-state index contributed by atoms with van der Waals surface area (Å²) in [5.41, 5.74) is 1.50. The molecular formula is C13H17ClFN. The van der Waals surface area contributed by atoms with Gasteiger partial charge in [-0.2, -0.15) is 0 Å². The Morgan fingerprint density at radius 3 is 2.75 bits per heavy atom. The normalized spacial score (nSPS) is 12.5. The summed E-state index contributed by atoms with van der Waals surface area (Å²) in [7, 11) is 0. The van der Waals surface area contributed by atoms with Gasteiger partial charge in [-0.05, 0) is 32.0 Å². The molecule has 0 amide bonds. The van der Waals surface area contributed by atoms with E-state index < -0.39 is 0 Å². The van der Waals surface area contributed by atoms with Gasteiger partial charge in [0, 0.05) is 10.6 Å². The highest BCUT2D eigenvalue weighted by molar-refractivity contribution is 6.30. The number of halogens is 2. The molecular weight excluding hydrogens is 225 g/mol. The van der Waals surface area contributed by atoms with Crippen LogP contribution in [0.25, 0.3) is 0 Å². The van der Waals surface area contributed by atoms with Crippen molar-refractivity contribution in [2.75, 3.05) is 6.54 Å². The zero-order chi connectivity index (χ0) is 12.1. The highest BCUT2D eigenvalue weighted by atomic mass is 35.5. The summed E-state index contributed by atoms with van der Waals surface area (Å²) in [6.45, 7) is 8.68. The van der Waals surface area contributed by atoms with Crippen LogP contribution in [0.15, 0.2) is 30.4 Å². The van der Waals surface area contributed by atoms with E-state index in [4.69, 9.17) is 11.6 Å². The third-order valence-electron chi connectivity index (χ3n) is 2.36. The molecule has 1 aromatic rings. The predicted octanol–water partition coefficient (Wildman–Crippen LogP) is 4.10. The van der Waals surface area contributed by atoms with Gasteiger partial charge in [-0.15, -0.1) is 0 Å². The van der Waals surface area contributed by atoms with Crippen molar-refractivity contribution in [3.63, 3.8) is 0 Å². The number of rotatable bonds is 5. The molecule has 1 aromatic carbocycles. The lowest BCUT2D eigenvalue weighted by Gasteiger charge is -2.19. The maximum atomic E-state index is 13.7. The van der Waals surface area contributed by atoms with Crippen LogP contribution in [-0.4, -0.2) is 6.54 Å². The first-order valence-corrected chi connectivity index (χ1v) is 5.77. The molecule has 0 saturated heterocycles. The zero-order valence-corrected chi connectivity index (χ0v) is 10.4. The zero-order valence-electron chi connectivity index (χ0n) is 9.69. The Morgan fingerprint density at radius 2 is 2.25 bits per heavy atom. The molecule has 0 aliphatic heterocycles. The SMILES string of the molecule is C=C(C)C(NCCC)c1ccc(Cl)cc1F. The summed E-state index contributed by atoms with van der Waals surface area (Å²) >= 11 is 5.72. The van der Waals surface area contributed by atoms with Crippen molar-refractivity contribution in [1.29, 1.82) is 0 Å². The van der Waals surface area contributed by atoms with Gasteiger partial charge in [-0.3, -0.25) is 0 Å². The molecule has 3 heteroatoms. The molecule has 1 nitrogen and oxygen atoms in total. The quantitative estimate of drug-likeness (QED) is 0.766. The molecule has 1 N–H and O–H groups in total. The van der Waals surface area contributed by atoms with Crippen molar-refractivity contribution >= 4 is 11.6 Å². The second-order valence-electron chi connectivity index (χ2n) is 3.90. The first-order valence-electron chi connectivity index (χ1n) is 5.40. The van der Waals surface area contributed by atoms with Gasteiger partial charge >= 0.3 is 0 Å². The summed E-state index contributed by atoms with van der Waals surface area (Å²) in [4.78, 5) is 0. The monoisotopic (exact) mass is 241 g/mol. The van der Waals surface area contributed by atoms with Gasteiger partial charge in [-0.1, -0.05) is 36.7 Å². The van der Waals surface area contributed by atoms with E-state index in [1.165, 1.54) is 6.07 Å². The van der Waals surface area contributed by atoms with E-state index in [9.17, 15) is 4.39 Å². The summed E-state index contributed by atoms with van der Waals surface area (Å²) in [5.74, 6) is -0.288. The Bertz CT molecular complexity index is 376. The number of benzene rings is 1. The number of hydrogen-bond acceptors (Lipinski definition) is 1. The van der Waals surface area contributed by atoms with Gasteiger partial charge in [-0.25, -0.2) is 4.39 Å². The van der Waals surface area contributed by atoms with Crippen LogP contribution in [0.5, 0.6) is 0 Å². The summed E-state index contributed by atoms with van der Waals surface area (Å²) in [5, 5.41) is 3.68. The van der Waals surface area contributed by atoms with Gasteiger partial charge in [0.15, 0.2) is 0 Å². The minimum atomic E-state index is -0.288. The van der Waals surface area contributed by atoms with Crippen LogP contribution in [0.2, 0.25) is 5.02 Å². The summed E-state index contributed by atoms with van der Waals surface area (Å²) in [6.07, 6.45) is 0.999. The topological polar surface area (TPSA) is 12.0 Å². The van der Waals surface area contributed by atoms with E-state index in [2.05, 4.69) is 18.8 Å². The van der Waals surface area contributed by atoms with E-state index in [1.54, 1.807) is 12.1 Å². The molecule has 0 aliphatic rings. The lowest BCUT2D eigenvalue weighted by atomic mass is 10.0. The highest BCUT2D eigenvalue weighted by Gasteiger charge is 2.15. The Balaban J connectivity index is 2.96. The van der Waals surface area contributed by atoms with Gasteiger partial charge in [0.1, 0.15) is 5.82 Å². The maximum Gasteiger partial charge on any atom is 0.129 e. The lowest BCUT2D eigenvalue weighted by Crippen LogP contribution is -2.23. The minimum absolute atomic E-state index is 0.141. The molecule has 1 unspecified atom stereocenters. The molecule has 0 saturated carbocycles. The van der Waals surface area contributed by atoms with Crippen LogP contribution in [0, 0.1) is 5.82 Å². The van der Waals surface area contributed by atoms with E-state index in [-0.39, 0.29) is 11.9 Å². The highest BCUT2D eigenvalue weighted by Crippen LogP contribution is 2.25. The van der Waals surface area contributed by atoms with Crippen LogP contribution >= 0.6 is 11.6 Å². The molecule has 16 heavy (non-hydrogen) atoms. The second kappa shape index (κ2) is 6.02. The maximum absolute atomic E-state index is 13.7. The number of hydrogen-bond donors (Lipinski definition) is 1. The first kappa shape index (κ1) is 13.2. The van der Waals surface area contributed by atoms with E-state index in [0.29, 0.717) is 10.6 Å². The third kappa shape index (κ3) is 3.32. The molecule has 0 aliphatic carbocycles. The van der Waals surface area contributed by atoms with Crippen LogP contribution < -0.4 is 5.32 Å². The standard InChI is InChI=1S/C13H17ClFN/c1-4-7-16-13(9(2)3)11-6-5-10(14)8-12(11)15/h5-6,8,13,16H,2,4,7H2,1,3H3. The number of nitrogens with one attached hydrogen (secondary N) is 1. The van der Waals surface area contributed by atoms with Gasteiger partial charge in [0.2, 0.25) is 0 Å². The van der Waals surface area contributed by atoms with Crippen molar-refractivity contribution < 1.29 is 4.39 Å². The van der Waals surface area contributed by atoms with E-state index >= 15 is 0 Å². The van der Waals surface area contributed by atoms with Crippen molar-refractivity contribution in [3.8, 4) is 0 Å². The largest absolute Gasteiger partial charge is 0.306 e. The average molecular weight is 242 g/mol. The molecule has 0 heterocycles. The third-order valence-corrected chi connectivity index (χ3v) is 2.60. The predicted molar refractivity (Wildman–Crippen MR) is 67.3 cm³/mol. The van der Waals surface area contributed by atoms with E-state index in [0.717, 1.165) is 18.5 Å². The Hall–Kier alpha value is -0.860. The lowest BCUT2D eigenvalue weighted by molar-refractivity contribution is 0.542. The fourth-order valence-electron chi connectivity index (χ4n) is 1.57. The average Bonchev–Trinajstić information content (AvgIpc) is 2.20. The molecule has 1 atom stereocenters. The van der Waals surface area contributed by atoms with Crippen molar-refractivity contribution in [3.05, 3.63) is 46.8 Å². The van der Waals surface area contributed by atoms with Gasteiger partial charge in [0.25, 0.3) is 0 Å². The summed E-state index contributed by atoms with van der Waals surface area (Å²) < 4.78 is 13.7. The van der Waals surface area contributed by atoms with Crippen molar-refractivity contribution in [2.45, 2.75) is 26.3 Å². The van der Waals surface area contributed by atoms with Crippen molar-refractivity contribution in [2.24, 2.45) is 0 Å². The Labute approximate surface area is 101 Å². The Morgan fingerprint density at radius 1 is 1.56 bits per heavy atom. The van der Waals surface area contributed by atoms with Crippen LogP contribution in [-0.2, 0) is 0 Å². The fraction of sp³-hybridized carbons (Fsp3) is 0.385. The summed E-state index contributed by atoms with van der Waals surface area (Å²) in [6, 6.07) is 4.60. The van der Waals surface area contributed by atoms with Crippen LogP contribution in [0.3, 0.4) is 0 Å². The molecule has 0 spiro atoms. The van der Waals surface area contributed by atoms with Crippen LogP contribution in [0.1, 0.15) is 31.9 Å². The molecule has 0 aromatic heterocycles. The molecule has 0 bridgehead atoms. The van der Waals surface area contributed by atoms with Gasteiger partial charge in [0.05, 0.1) is 6.04 Å². The second-order valence-corrected chi connectivity index (χ2v) is 4.34. The van der Waals surface area contributed by atoms with E-state index in [1.807, 2.05) is 6.92 Å². The molecule has 0 radical (unpaired) electrons. The van der Waals surface area contributed by atoms with Gasteiger partial charge < -0.3 is 5.32 Å². The molecule has 88 valence electrons. The minimum Gasteiger partial charge on any atom is -0.306 e.